The van der Waals surface area contributed by atoms with Crippen LogP contribution in [0.2, 0.25) is 0 Å². The molecule has 0 saturated carbocycles. The minimum absolute atomic E-state index is 0.709. The van der Waals surface area contributed by atoms with Gasteiger partial charge in [0.2, 0.25) is 0 Å². The second-order valence-corrected chi connectivity index (χ2v) is 6.24. The van der Waals surface area contributed by atoms with E-state index in [0.717, 1.165) is 32.1 Å². The lowest BCUT2D eigenvalue weighted by atomic mass is 10.1. The summed E-state index contributed by atoms with van der Waals surface area (Å²) in [6.07, 6.45) is 1.24. The van der Waals surface area contributed by atoms with Gasteiger partial charge in [-0.25, -0.2) is 0 Å². The van der Waals surface area contributed by atoms with Gasteiger partial charge in [-0.15, -0.1) is 0 Å². The summed E-state index contributed by atoms with van der Waals surface area (Å²) in [6, 6.07) is 9.03. The Labute approximate surface area is 125 Å². The zero-order chi connectivity index (χ0) is 15.0. The molecule has 1 atom stereocenters. The van der Waals surface area contributed by atoms with E-state index in [1.54, 1.807) is 0 Å². The summed E-state index contributed by atoms with van der Waals surface area (Å²) in [5.41, 5.74) is 2.72. The van der Waals surface area contributed by atoms with Crippen LogP contribution in [-0.4, -0.2) is 19.6 Å². The van der Waals surface area contributed by atoms with E-state index in [0.29, 0.717) is 5.92 Å². The molecule has 1 rings (SSSR count). The third-order valence-corrected chi connectivity index (χ3v) is 3.79. The first-order valence-electron chi connectivity index (χ1n) is 8.11. The fraction of sp³-hybridized carbons (Fsp3) is 0.667. The lowest BCUT2D eigenvalue weighted by molar-refractivity contribution is 0.547. The molecule has 2 heteroatoms. The van der Waals surface area contributed by atoms with Gasteiger partial charge in [0.25, 0.3) is 0 Å². The van der Waals surface area contributed by atoms with Crippen LogP contribution in [0.1, 0.15) is 46.6 Å². The third kappa shape index (κ3) is 5.96. The second kappa shape index (κ2) is 9.02. The molecule has 1 N–H and O–H groups in total. The van der Waals surface area contributed by atoms with Gasteiger partial charge in [0.1, 0.15) is 0 Å². The van der Waals surface area contributed by atoms with Crippen LogP contribution in [-0.2, 0) is 6.54 Å². The Morgan fingerprint density at radius 3 is 2.20 bits per heavy atom. The molecule has 0 radical (unpaired) electrons. The van der Waals surface area contributed by atoms with Crippen molar-refractivity contribution in [3.05, 3.63) is 29.8 Å². The van der Waals surface area contributed by atoms with Crippen LogP contribution >= 0.6 is 0 Å². The van der Waals surface area contributed by atoms with Gasteiger partial charge in [-0.2, -0.15) is 0 Å². The number of nitrogens with zero attached hydrogens (tertiary/aromatic N) is 1. The Morgan fingerprint density at radius 1 is 1.05 bits per heavy atom. The summed E-state index contributed by atoms with van der Waals surface area (Å²) in [6.45, 7) is 15.6. The molecule has 20 heavy (non-hydrogen) atoms. The summed E-state index contributed by atoms with van der Waals surface area (Å²) in [5.74, 6) is 1.46. The normalized spacial score (nSPS) is 12.7. The van der Waals surface area contributed by atoms with E-state index in [4.69, 9.17) is 0 Å². The average molecular weight is 276 g/mol. The Hall–Kier alpha value is -1.02. The van der Waals surface area contributed by atoms with Crippen LogP contribution in [0.25, 0.3) is 0 Å². The minimum Gasteiger partial charge on any atom is -0.372 e. The highest BCUT2D eigenvalue weighted by Gasteiger charge is 2.08. The smallest absolute Gasteiger partial charge is 0.0366 e. The van der Waals surface area contributed by atoms with Crippen molar-refractivity contribution < 1.29 is 0 Å². The van der Waals surface area contributed by atoms with Crippen LogP contribution in [0.3, 0.4) is 0 Å². The predicted octanol–water partition coefficient (Wildman–Crippen LogP) is 4.30. The standard InChI is InChI=1S/C18H32N2/c1-6-16(5)14-20(7-2)18-10-8-17(9-11-18)13-19-12-15(3)4/h8-11,15-16,19H,6-7,12-14H2,1-5H3. The first kappa shape index (κ1) is 17.0. The van der Waals surface area contributed by atoms with Gasteiger partial charge >= 0.3 is 0 Å². The first-order chi connectivity index (χ1) is 9.56. The number of nitrogens with one attached hydrogen (secondary N) is 1. The van der Waals surface area contributed by atoms with Crippen molar-refractivity contribution in [1.29, 1.82) is 0 Å². The number of anilines is 1. The fourth-order valence-corrected chi connectivity index (χ4v) is 2.25. The summed E-state index contributed by atoms with van der Waals surface area (Å²) >= 11 is 0. The Kier molecular flexibility index (Phi) is 7.68. The van der Waals surface area contributed by atoms with Crippen molar-refractivity contribution in [1.82, 2.24) is 5.32 Å². The van der Waals surface area contributed by atoms with Gasteiger partial charge in [-0.3, -0.25) is 0 Å². The largest absolute Gasteiger partial charge is 0.372 e. The van der Waals surface area contributed by atoms with Crippen molar-refractivity contribution in [3.8, 4) is 0 Å². The third-order valence-electron chi connectivity index (χ3n) is 3.79. The van der Waals surface area contributed by atoms with E-state index >= 15 is 0 Å². The van der Waals surface area contributed by atoms with Gasteiger partial charge < -0.3 is 10.2 Å². The van der Waals surface area contributed by atoms with Gasteiger partial charge in [0, 0.05) is 25.3 Å². The molecular formula is C18H32N2. The summed E-state index contributed by atoms with van der Waals surface area (Å²) < 4.78 is 0. The molecule has 0 heterocycles. The number of rotatable bonds is 9. The minimum atomic E-state index is 0.709. The lowest BCUT2D eigenvalue weighted by Crippen LogP contribution is -2.28. The average Bonchev–Trinajstić information content (AvgIpc) is 2.45. The quantitative estimate of drug-likeness (QED) is 0.723. The summed E-state index contributed by atoms with van der Waals surface area (Å²) in [4.78, 5) is 2.47. The molecule has 0 saturated heterocycles. The van der Waals surface area contributed by atoms with Gasteiger partial charge in [-0.05, 0) is 43.0 Å². The van der Waals surface area contributed by atoms with Crippen LogP contribution in [0.5, 0.6) is 0 Å². The zero-order valence-electron chi connectivity index (χ0n) is 13.9. The van der Waals surface area contributed by atoms with Crippen molar-refractivity contribution in [2.24, 2.45) is 11.8 Å². The highest BCUT2D eigenvalue weighted by Crippen LogP contribution is 2.17. The molecule has 0 aliphatic carbocycles. The maximum atomic E-state index is 3.49. The fourth-order valence-electron chi connectivity index (χ4n) is 2.25. The van der Waals surface area contributed by atoms with Crippen molar-refractivity contribution in [2.75, 3.05) is 24.5 Å². The SMILES string of the molecule is CCC(C)CN(CC)c1ccc(CNCC(C)C)cc1. The van der Waals surface area contributed by atoms with E-state index in [2.05, 4.69) is 69.1 Å². The number of benzene rings is 1. The molecule has 1 unspecified atom stereocenters. The topological polar surface area (TPSA) is 15.3 Å². The van der Waals surface area contributed by atoms with E-state index < -0.39 is 0 Å². The van der Waals surface area contributed by atoms with E-state index in [-0.39, 0.29) is 0 Å². The highest BCUT2D eigenvalue weighted by atomic mass is 15.1. The molecule has 0 amide bonds. The maximum Gasteiger partial charge on any atom is 0.0366 e. The lowest BCUT2D eigenvalue weighted by Gasteiger charge is -2.26. The van der Waals surface area contributed by atoms with Crippen molar-refractivity contribution in [3.63, 3.8) is 0 Å². The number of hydrogen-bond acceptors (Lipinski definition) is 2. The van der Waals surface area contributed by atoms with E-state index in [1.807, 2.05) is 0 Å². The molecule has 114 valence electrons. The van der Waals surface area contributed by atoms with E-state index in [9.17, 15) is 0 Å². The molecule has 1 aromatic rings. The Balaban J connectivity index is 2.55. The highest BCUT2D eigenvalue weighted by molar-refractivity contribution is 5.47. The summed E-state index contributed by atoms with van der Waals surface area (Å²) in [5, 5.41) is 3.49. The molecule has 0 aromatic heterocycles. The van der Waals surface area contributed by atoms with Crippen LogP contribution in [0, 0.1) is 11.8 Å². The molecule has 2 nitrogen and oxygen atoms in total. The predicted molar refractivity (Wildman–Crippen MR) is 90.3 cm³/mol. The molecule has 0 spiro atoms. The second-order valence-electron chi connectivity index (χ2n) is 6.24. The molecule has 0 fully saturated rings. The molecule has 1 aromatic carbocycles. The maximum absolute atomic E-state index is 3.49. The molecular weight excluding hydrogens is 244 g/mol. The van der Waals surface area contributed by atoms with Crippen LogP contribution in [0.4, 0.5) is 5.69 Å². The monoisotopic (exact) mass is 276 g/mol. The van der Waals surface area contributed by atoms with Gasteiger partial charge in [-0.1, -0.05) is 46.2 Å². The van der Waals surface area contributed by atoms with E-state index in [1.165, 1.54) is 17.7 Å². The van der Waals surface area contributed by atoms with Crippen LogP contribution in [0.15, 0.2) is 24.3 Å². The molecule has 0 bridgehead atoms. The van der Waals surface area contributed by atoms with Crippen molar-refractivity contribution >= 4 is 5.69 Å². The number of hydrogen-bond donors (Lipinski definition) is 1. The first-order valence-corrected chi connectivity index (χ1v) is 8.11. The van der Waals surface area contributed by atoms with Gasteiger partial charge in [0.15, 0.2) is 0 Å². The van der Waals surface area contributed by atoms with Gasteiger partial charge in [0.05, 0.1) is 0 Å². The summed E-state index contributed by atoms with van der Waals surface area (Å²) in [7, 11) is 0. The zero-order valence-corrected chi connectivity index (χ0v) is 13.9. The molecule has 0 aliphatic rings. The molecule has 0 aliphatic heterocycles. The van der Waals surface area contributed by atoms with Crippen LogP contribution < -0.4 is 10.2 Å². The Bertz CT molecular complexity index is 356. The van der Waals surface area contributed by atoms with Crippen molar-refractivity contribution in [2.45, 2.75) is 47.6 Å². The Morgan fingerprint density at radius 2 is 1.70 bits per heavy atom.